The molecule has 60 valence electrons. The molecule has 2 N–H and O–H groups in total. The summed E-state index contributed by atoms with van der Waals surface area (Å²) in [6, 6.07) is 0.731. The minimum absolute atomic E-state index is 0.731. The van der Waals surface area contributed by atoms with E-state index < -0.39 is 0 Å². The van der Waals surface area contributed by atoms with Crippen molar-refractivity contribution in [3.63, 3.8) is 0 Å². The second kappa shape index (κ2) is 3.94. The topological polar surface area (TPSA) is 24.1 Å². The Kier molecular flexibility index (Phi) is 3.16. The van der Waals surface area contributed by atoms with Crippen molar-refractivity contribution in [3.8, 4) is 0 Å². The van der Waals surface area contributed by atoms with Gasteiger partial charge in [0.2, 0.25) is 0 Å². The molecular weight excluding hydrogens is 124 g/mol. The smallest absolute Gasteiger partial charge is 0.0102 e. The van der Waals surface area contributed by atoms with Crippen LogP contribution in [0.25, 0.3) is 0 Å². The van der Waals surface area contributed by atoms with Gasteiger partial charge in [0.25, 0.3) is 0 Å². The molecule has 1 aliphatic rings. The molecule has 10 heavy (non-hydrogen) atoms. The lowest BCUT2D eigenvalue weighted by atomic mass is 9.97. The zero-order valence-electron chi connectivity index (χ0n) is 6.98. The van der Waals surface area contributed by atoms with Gasteiger partial charge in [-0.1, -0.05) is 6.92 Å². The Morgan fingerprint density at radius 3 is 2.90 bits per heavy atom. The molecule has 1 aliphatic heterocycles. The van der Waals surface area contributed by atoms with Crippen LogP contribution >= 0.6 is 0 Å². The third kappa shape index (κ3) is 1.70. The third-order valence-corrected chi connectivity index (χ3v) is 2.48. The van der Waals surface area contributed by atoms with Crippen LogP contribution < -0.4 is 10.6 Å². The van der Waals surface area contributed by atoms with Crippen molar-refractivity contribution in [2.75, 3.05) is 20.1 Å². The average Bonchev–Trinajstić information content (AvgIpc) is 2.43. The predicted octanol–water partition coefficient (Wildman–Crippen LogP) is 0.594. The van der Waals surface area contributed by atoms with E-state index in [2.05, 4.69) is 24.6 Å². The van der Waals surface area contributed by atoms with Crippen molar-refractivity contribution in [2.45, 2.75) is 25.8 Å². The zero-order valence-corrected chi connectivity index (χ0v) is 6.98. The van der Waals surface area contributed by atoms with Crippen molar-refractivity contribution < 1.29 is 0 Å². The molecule has 0 aromatic rings. The van der Waals surface area contributed by atoms with Crippen LogP contribution in [-0.4, -0.2) is 26.2 Å². The van der Waals surface area contributed by atoms with E-state index in [9.17, 15) is 0 Å². The minimum Gasteiger partial charge on any atom is -0.317 e. The molecule has 1 fully saturated rings. The summed E-state index contributed by atoms with van der Waals surface area (Å²) in [6.07, 6.45) is 2.60. The lowest BCUT2D eigenvalue weighted by Gasteiger charge is -2.19. The van der Waals surface area contributed by atoms with E-state index in [1.54, 1.807) is 0 Å². The largest absolute Gasteiger partial charge is 0.317 e. The fourth-order valence-corrected chi connectivity index (χ4v) is 1.79. The molecule has 0 bridgehead atoms. The van der Waals surface area contributed by atoms with Gasteiger partial charge in [0.1, 0.15) is 0 Å². The van der Waals surface area contributed by atoms with Gasteiger partial charge in [0, 0.05) is 6.04 Å². The van der Waals surface area contributed by atoms with Crippen LogP contribution in [0, 0.1) is 5.92 Å². The summed E-state index contributed by atoms with van der Waals surface area (Å²) in [5.41, 5.74) is 0. The number of hydrogen-bond donors (Lipinski definition) is 2. The van der Waals surface area contributed by atoms with Gasteiger partial charge >= 0.3 is 0 Å². The normalized spacial score (nSPS) is 28.8. The van der Waals surface area contributed by atoms with E-state index in [0.29, 0.717) is 0 Å². The lowest BCUT2D eigenvalue weighted by Crippen LogP contribution is -2.33. The first-order valence-electron chi connectivity index (χ1n) is 4.26. The van der Waals surface area contributed by atoms with Crippen LogP contribution in [0.2, 0.25) is 0 Å². The molecule has 2 heteroatoms. The molecule has 0 saturated carbocycles. The molecule has 0 radical (unpaired) electrons. The first kappa shape index (κ1) is 8.02. The summed E-state index contributed by atoms with van der Waals surface area (Å²) >= 11 is 0. The Morgan fingerprint density at radius 2 is 2.50 bits per heavy atom. The lowest BCUT2D eigenvalue weighted by molar-refractivity contribution is 0.388. The second-order valence-electron chi connectivity index (χ2n) is 3.06. The van der Waals surface area contributed by atoms with Crippen molar-refractivity contribution in [3.05, 3.63) is 0 Å². The molecule has 1 rings (SSSR count). The summed E-state index contributed by atoms with van der Waals surface area (Å²) in [7, 11) is 2.06. The fraction of sp³-hybridized carbons (Fsp3) is 1.00. The highest BCUT2D eigenvalue weighted by atomic mass is 14.9. The molecule has 0 spiro atoms. The Balaban J connectivity index is 2.29. The van der Waals surface area contributed by atoms with Crippen LogP contribution in [0.15, 0.2) is 0 Å². The summed E-state index contributed by atoms with van der Waals surface area (Å²) in [6.45, 7) is 4.67. The molecule has 1 heterocycles. The van der Waals surface area contributed by atoms with E-state index in [-0.39, 0.29) is 0 Å². The first-order valence-corrected chi connectivity index (χ1v) is 4.26. The van der Waals surface area contributed by atoms with Gasteiger partial charge in [0.15, 0.2) is 0 Å². The van der Waals surface area contributed by atoms with Gasteiger partial charge in [-0.15, -0.1) is 0 Å². The van der Waals surface area contributed by atoms with Gasteiger partial charge in [-0.2, -0.15) is 0 Å². The van der Waals surface area contributed by atoms with E-state index in [1.807, 2.05) is 0 Å². The van der Waals surface area contributed by atoms with Crippen LogP contribution in [0.3, 0.4) is 0 Å². The van der Waals surface area contributed by atoms with E-state index in [4.69, 9.17) is 0 Å². The van der Waals surface area contributed by atoms with E-state index in [0.717, 1.165) is 12.0 Å². The highest BCUT2D eigenvalue weighted by molar-refractivity contribution is 4.80. The predicted molar refractivity (Wildman–Crippen MR) is 44.1 cm³/mol. The Bertz CT molecular complexity index is 83.3. The highest BCUT2D eigenvalue weighted by Gasteiger charge is 2.21. The Hall–Kier alpha value is -0.0800. The van der Waals surface area contributed by atoms with Crippen LogP contribution in [-0.2, 0) is 0 Å². The van der Waals surface area contributed by atoms with Crippen molar-refractivity contribution in [1.82, 2.24) is 10.6 Å². The maximum absolute atomic E-state index is 3.38. The monoisotopic (exact) mass is 142 g/mol. The van der Waals surface area contributed by atoms with E-state index >= 15 is 0 Å². The summed E-state index contributed by atoms with van der Waals surface area (Å²) in [5.74, 6) is 0.870. The molecule has 2 unspecified atom stereocenters. The number of rotatable bonds is 3. The van der Waals surface area contributed by atoms with Gasteiger partial charge in [-0.3, -0.25) is 0 Å². The Morgan fingerprint density at radius 1 is 1.70 bits per heavy atom. The maximum atomic E-state index is 3.38. The SMILES string of the molecule is CCC(NC)C1CCNC1. The maximum Gasteiger partial charge on any atom is 0.0102 e. The third-order valence-electron chi connectivity index (χ3n) is 2.48. The molecule has 1 saturated heterocycles. The summed E-state index contributed by atoms with van der Waals surface area (Å²) in [5, 5.41) is 6.74. The zero-order chi connectivity index (χ0) is 7.40. The minimum atomic E-state index is 0.731. The quantitative estimate of drug-likeness (QED) is 0.603. The second-order valence-corrected chi connectivity index (χ2v) is 3.06. The number of hydrogen-bond acceptors (Lipinski definition) is 2. The van der Waals surface area contributed by atoms with Gasteiger partial charge in [-0.25, -0.2) is 0 Å². The van der Waals surface area contributed by atoms with Crippen molar-refractivity contribution in [1.29, 1.82) is 0 Å². The standard InChI is InChI=1S/C8H18N2/c1-3-8(9-2)7-4-5-10-6-7/h7-10H,3-6H2,1-2H3. The molecule has 0 aromatic carbocycles. The van der Waals surface area contributed by atoms with Crippen molar-refractivity contribution in [2.24, 2.45) is 5.92 Å². The van der Waals surface area contributed by atoms with Crippen molar-refractivity contribution >= 4 is 0 Å². The Labute approximate surface area is 63.4 Å². The molecule has 0 aliphatic carbocycles. The first-order chi connectivity index (χ1) is 4.88. The van der Waals surface area contributed by atoms with Gasteiger partial charge in [0.05, 0.1) is 0 Å². The summed E-state index contributed by atoms with van der Waals surface area (Å²) < 4.78 is 0. The van der Waals surface area contributed by atoms with Crippen LogP contribution in [0.4, 0.5) is 0 Å². The molecular formula is C8H18N2. The van der Waals surface area contributed by atoms with Crippen LogP contribution in [0.5, 0.6) is 0 Å². The van der Waals surface area contributed by atoms with Crippen LogP contribution in [0.1, 0.15) is 19.8 Å². The fourth-order valence-electron chi connectivity index (χ4n) is 1.79. The molecule has 0 amide bonds. The summed E-state index contributed by atoms with van der Waals surface area (Å²) in [4.78, 5) is 0. The highest BCUT2D eigenvalue weighted by Crippen LogP contribution is 2.14. The average molecular weight is 142 g/mol. The van der Waals surface area contributed by atoms with Gasteiger partial charge < -0.3 is 10.6 Å². The molecule has 0 aromatic heterocycles. The molecule has 2 atom stereocenters. The van der Waals surface area contributed by atoms with Gasteiger partial charge in [-0.05, 0) is 38.9 Å². The number of nitrogens with one attached hydrogen (secondary N) is 2. The molecule has 2 nitrogen and oxygen atoms in total. The van der Waals surface area contributed by atoms with E-state index in [1.165, 1.54) is 25.9 Å².